The first-order chi connectivity index (χ1) is 8.72. The van der Waals surface area contributed by atoms with Crippen molar-refractivity contribution in [1.82, 2.24) is 0 Å². The zero-order valence-electron chi connectivity index (χ0n) is 12.0. The van der Waals surface area contributed by atoms with Crippen LogP contribution < -0.4 is 4.90 Å². The molecule has 0 bridgehead atoms. The second-order valence-electron chi connectivity index (χ2n) is 4.96. The Balaban J connectivity index is 2.88. The summed E-state index contributed by atoms with van der Waals surface area (Å²) in [6.45, 7) is 9.05. The van der Waals surface area contributed by atoms with Gasteiger partial charge in [-0.1, -0.05) is 60.3 Å². The third kappa shape index (κ3) is 4.64. The summed E-state index contributed by atoms with van der Waals surface area (Å²) < 4.78 is 0. The SMILES string of the molecule is CCCCN(CCCC)c1ccc(C)cc1CBr. The highest BCUT2D eigenvalue weighted by atomic mass is 79.9. The Morgan fingerprint density at radius 1 is 1.06 bits per heavy atom. The van der Waals surface area contributed by atoms with Crippen molar-refractivity contribution in [2.75, 3.05) is 18.0 Å². The predicted octanol–water partition coefficient (Wildman–Crippen LogP) is 5.30. The van der Waals surface area contributed by atoms with E-state index in [1.165, 1.54) is 55.6 Å². The van der Waals surface area contributed by atoms with Crippen LogP contribution in [-0.2, 0) is 5.33 Å². The van der Waals surface area contributed by atoms with E-state index in [1.54, 1.807) is 0 Å². The Morgan fingerprint density at radius 3 is 2.17 bits per heavy atom. The van der Waals surface area contributed by atoms with Gasteiger partial charge in [-0.3, -0.25) is 0 Å². The molecule has 1 nitrogen and oxygen atoms in total. The Bertz CT molecular complexity index is 341. The molecular weight excluding hydrogens is 286 g/mol. The lowest BCUT2D eigenvalue weighted by Crippen LogP contribution is -2.26. The molecule has 0 aromatic heterocycles. The molecule has 0 heterocycles. The van der Waals surface area contributed by atoms with Gasteiger partial charge in [-0.2, -0.15) is 0 Å². The van der Waals surface area contributed by atoms with Crippen molar-refractivity contribution in [1.29, 1.82) is 0 Å². The Kier molecular flexibility index (Phi) is 7.41. The highest BCUT2D eigenvalue weighted by molar-refractivity contribution is 9.08. The maximum absolute atomic E-state index is 3.62. The van der Waals surface area contributed by atoms with Crippen molar-refractivity contribution >= 4 is 21.6 Å². The van der Waals surface area contributed by atoms with E-state index in [1.807, 2.05) is 0 Å². The van der Waals surface area contributed by atoms with Crippen molar-refractivity contribution in [3.05, 3.63) is 29.3 Å². The smallest absolute Gasteiger partial charge is 0.0407 e. The average molecular weight is 312 g/mol. The molecule has 0 unspecified atom stereocenters. The molecule has 0 spiro atoms. The molecule has 0 N–H and O–H groups in total. The molecule has 0 saturated heterocycles. The summed E-state index contributed by atoms with van der Waals surface area (Å²) in [5.74, 6) is 0. The lowest BCUT2D eigenvalue weighted by atomic mass is 10.1. The largest absolute Gasteiger partial charge is 0.371 e. The van der Waals surface area contributed by atoms with Crippen LogP contribution in [0.3, 0.4) is 0 Å². The van der Waals surface area contributed by atoms with Crippen LogP contribution in [-0.4, -0.2) is 13.1 Å². The summed E-state index contributed by atoms with van der Waals surface area (Å²) in [4.78, 5) is 2.56. The van der Waals surface area contributed by atoms with Crippen LogP contribution in [0, 0.1) is 6.92 Å². The summed E-state index contributed by atoms with van der Waals surface area (Å²) in [6, 6.07) is 6.82. The van der Waals surface area contributed by atoms with Gasteiger partial charge in [-0.25, -0.2) is 0 Å². The number of nitrogens with zero attached hydrogens (tertiary/aromatic N) is 1. The predicted molar refractivity (Wildman–Crippen MR) is 85.8 cm³/mol. The number of aryl methyl sites for hydroxylation is 1. The van der Waals surface area contributed by atoms with Crippen molar-refractivity contribution in [3.63, 3.8) is 0 Å². The quantitative estimate of drug-likeness (QED) is 0.589. The summed E-state index contributed by atoms with van der Waals surface area (Å²) in [5.41, 5.74) is 4.18. The Hall–Kier alpha value is -0.500. The van der Waals surface area contributed by atoms with Crippen molar-refractivity contribution < 1.29 is 0 Å². The standard InChI is InChI=1S/C16H26BrN/c1-4-6-10-18(11-7-5-2)16-9-8-14(3)12-15(16)13-17/h8-9,12H,4-7,10-11,13H2,1-3H3. The van der Waals surface area contributed by atoms with Crippen molar-refractivity contribution in [2.24, 2.45) is 0 Å². The first kappa shape index (κ1) is 15.6. The van der Waals surface area contributed by atoms with Crippen LogP contribution in [0.25, 0.3) is 0 Å². The molecule has 0 aliphatic carbocycles. The number of halogens is 1. The van der Waals surface area contributed by atoms with E-state index in [2.05, 4.69) is 59.8 Å². The van der Waals surface area contributed by atoms with Gasteiger partial charge in [0, 0.05) is 24.1 Å². The van der Waals surface area contributed by atoms with E-state index >= 15 is 0 Å². The molecule has 0 aliphatic rings. The Morgan fingerprint density at radius 2 is 1.67 bits per heavy atom. The van der Waals surface area contributed by atoms with Gasteiger partial charge in [0.15, 0.2) is 0 Å². The van der Waals surface area contributed by atoms with Gasteiger partial charge in [-0.05, 0) is 31.4 Å². The molecule has 0 aliphatic heterocycles. The van der Waals surface area contributed by atoms with Crippen LogP contribution in [0.2, 0.25) is 0 Å². The molecule has 2 heteroatoms. The monoisotopic (exact) mass is 311 g/mol. The molecule has 0 radical (unpaired) electrons. The molecule has 102 valence electrons. The third-order valence-corrected chi connectivity index (χ3v) is 3.89. The van der Waals surface area contributed by atoms with Crippen molar-refractivity contribution in [2.45, 2.75) is 51.8 Å². The fraction of sp³-hybridized carbons (Fsp3) is 0.625. The van der Waals surface area contributed by atoms with Crippen LogP contribution >= 0.6 is 15.9 Å². The summed E-state index contributed by atoms with van der Waals surface area (Å²) in [6.07, 6.45) is 5.08. The average Bonchev–Trinajstić information content (AvgIpc) is 2.39. The highest BCUT2D eigenvalue weighted by Crippen LogP contribution is 2.25. The van der Waals surface area contributed by atoms with E-state index < -0.39 is 0 Å². The van der Waals surface area contributed by atoms with Crippen LogP contribution in [0.1, 0.15) is 50.7 Å². The third-order valence-electron chi connectivity index (χ3n) is 3.28. The molecule has 0 saturated carbocycles. The minimum Gasteiger partial charge on any atom is -0.371 e. The molecule has 1 aromatic carbocycles. The molecular formula is C16H26BrN. The fourth-order valence-electron chi connectivity index (χ4n) is 2.18. The number of hydrogen-bond acceptors (Lipinski definition) is 1. The van der Waals surface area contributed by atoms with E-state index in [0.717, 1.165) is 5.33 Å². The lowest BCUT2D eigenvalue weighted by molar-refractivity contribution is 0.676. The minimum atomic E-state index is 0.943. The van der Waals surface area contributed by atoms with Gasteiger partial charge in [0.25, 0.3) is 0 Å². The van der Waals surface area contributed by atoms with Crippen LogP contribution in [0.15, 0.2) is 18.2 Å². The topological polar surface area (TPSA) is 3.24 Å². The van der Waals surface area contributed by atoms with E-state index in [9.17, 15) is 0 Å². The molecule has 0 atom stereocenters. The summed E-state index contributed by atoms with van der Waals surface area (Å²) >= 11 is 3.62. The van der Waals surface area contributed by atoms with Gasteiger partial charge >= 0.3 is 0 Å². The van der Waals surface area contributed by atoms with Gasteiger partial charge < -0.3 is 4.90 Å². The van der Waals surface area contributed by atoms with Gasteiger partial charge in [0.05, 0.1) is 0 Å². The molecule has 18 heavy (non-hydrogen) atoms. The highest BCUT2D eigenvalue weighted by Gasteiger charge is 2.10. The zero-order chi connectivity index (χ0) is 13.4. The van der Waals surface area contributed by atoms with E-state index in [4.69, 9.17) is 0 Å². The van der Waals surface area contributed by atoms with Gasteiger partial charge in [0.2, 0.25) is 0 Å². The van der Waals surface area contributed by atoms with Crippen molar-refractivity contribution in [3.8, 4) is 0 Å². The number of rotatable bonds is 8. The second kappa shape index (κ2) is 8.58. The molecule has 1 rings (SSSR count). The molecule has 0 amide bonds. The zero-order valence-corrected chi connectivity index (χ0v) is 13.6. The Labute approximate surface area is 121 Å². The maximum Gasteiger partial charge on any atom is 0.0407 e. The number of unbranched alkanes of at least 4 members (excludes halogenated alkanes) is 2. The molecule has 0 fully saturated rings. The number of anilines is 1. The number of hydrogen-bond donors (Lipinski definition) is 0. The van der Waals surface area contributed by atoms with Crippen LogP contribution in [0.5, 0.6) is 0 Å². The molecule has 1 aromatic rings. The summed E-state index contributed by atoms with van der Waals surface area (Å²) in [7, 11) is 0. The number of alkyl halides is 1. The van der Waals surface area contributed by atoms with Gasteiger partial charge in [-0.15, -0.1) is 0 Å². The van der Waals surface area contributed by atoms with Gasteiger partial charge in [0.1, 0.15) is 0 Å². The lowest BCUT2D eigenvalue weighted by Gasteiger charge is -2.27. The summed E-state index contributed by atoms with van der Waals surface area (Å²) in [5, 5.41) is 0.943. The first-order valence-electron chi connectivity index (χ1n) is 7.13. The maximum atomic E-state index is 3.62. The number of benzene rings is 1. The van der Waals surface area contributed by atoms with E-state index in [0.29, 0.717) is 0 Å². The van der Waals surface area contributed by atoms with Crippen LogP contribution in [0.4, 0.5) is 5.69 Å². The first-order valence-corrected chi connectivity index (χ1v) is 8.25. The minimum absolute atomic E-state index is 0.943. The fourth-order valence-corrected chi connectivity index (χ4v) is 2.63. The normalized spacial score (nSPS) is 10.7. The second-order valence-corrected chi connectivity index (χ2v) is 5.52. The van der Waals surface area contributed by atoms with E-state index in [-0.39, 0.29) is 0 Å².